The number of nitrogens with zero attached hydrogens (tertiary/aromatic N) is 2. The topological polar surface area (TPSA) is 18.3 Å². The van der Waals surface area contributed by atoms with E-state index in [9.17, 15) is 0 Å². The summed E-state index contributed by atoms with van der Waals surface area (Å²) in [6, 6.07) is 17.9. The van der Waals surface area contributed by atoms with Crippen LogP contribution in [0.3, 0.4) is 0 Å². The zero-order valence-corrected chi connectivity index (χ0v) is 11.9. The van der Waals surface area contributed by atoms with E-state index in [1.165, 1.54) is 16.3 Å². The molecular weight excluding hydrogens is 400 g/mol. The minimum absolute atomic E-state index is 0. The zero-order chi connectivity index (χ0) is 11.2. The zero-order valence-electron chi connectivity index (χ0n) is 9.55. The molecule has 0 fully saturated rings. The fraction of sp³-hybridized carbons (Fsp3) is 0.0667. The van der Waals surface area contributed by atoms with Gasteiger partial charge < -0.3 is 0 Å². The first-order valence-electron chi connectivity index (χ1n) is 5.72. The first-order chi connectivity index (χ1) is 8.45. The average molecular weight is 410 g/mol. The molecule has 89 valence electrons. The Bertz CT molecular complexity index is 796. The van der Waals surface area contributed by atoms with E-state index in [0.717, 1.165) is 17.4 Å². The van der Waals surface area contributed by atoms with Crippen LogP contribution in [0.25, 0.3) is 21.7 Å². The number of fused-ring (bicyclic) bond motifs is 6. The summed E-state index contributed by atoms with van der Waals surface area (Å²) >= 11 is 0. The van der Waals surface area contributed by atoms with Gasteiger partial charge in [0.15, 0.2) is 6.54 Å². The Morgan fingerprint density at radius 3 is 2.83 bits per heavy atom. The molecule has 0 unspecified atom stereocenters. The van der Waals surface area contributed by atoms with Gasteiger partial charge in [-0.25, -0.2) is 4.24 Å². The van der Waals surface area contributed by atoms with Crippen molar-refractivity contribution >= 4 is 21.7 Å². The number of rotatable bonds is 0. The van der Waals surface area contributed by atoms with Crippen LogP contribution in [-0.4, -0.2) is 6.54 Å². The number of hydrogen-bond acceptors (Lipinski definition) is 1. The normalized spacial score (nSPS) is 12.7. The van der Waals surface area contributed by atoms with E-state index in [0.29, 0.717) is 0 Å². The average Bonchev–Trinajstić information content (AvgIpc) is 2.89. The molecule has 1 aliphatic heterocycles. The van der Waals surface area contributed by atoms with E-state index in [1.54, 1.807) is 0 Å². The molecule has 2 nitrogen and oxygen atoms in total. The molecule has 2 aromatic carbocycles. The minimum Gasteiger partial charge on any atom is -0.237 e. The Labute approximate surface area is 118 Å². The monoisotopic (exact) mass is 411 g/mol. The van der Waals surface area contributed by atoms with Gasteiger partial charge >= 0.3 is 0 Å². The molecule has 18 heavy (non-hydrogen) atoms. The van der Waals surface area contributed by atoms with Gasteiger partial charge in [0.25, 0.3) is 0 Å². The predicted octanol–water partition coefficient (Wildman–Crippen LogP) is 1.72. The molecule has 1 aliphatic rings. The molecule has 0 atom stereocenters. The first-order valence-corrected chi connectivity index (χ1v) is 5.72. The molecule has 0 saturated heterocycles. The molecule has 0 aliphatic carbocycles. The van der Waals surface area contributed by atoms with Crippen molar-refractivity contribution in [1.29, 1.82) is 0 Å². The summed E-state index contributed by atoms with van der Waals surface area (Å²) in [5.74, 6) is 0. The Morgan fingerprint density at radius 2 is 1.89 bits per heavy atom. The minimum atomic E-state index is 0. The van der Waals surface area contributed by atoms with Crippen LogP contribution in [0.1, 0.15) is 0 Å². The van der Waals surface area contributed by atoms with Gasteiger partial charge in [-0.05, 0) is 11.5 Å². The van der Waals surface area contributed by atoms with E-state index in [2.05, 4.69) is 51.8 Å². The fourth-order valence-corrected chi connectivity index (χ4v) is 2.54. The van der Waals surface area contributed by atoms with Crippen LogP contribution in [0.15, 0.2) is 47.5 Å². The molecule has 1 radical (unpaired) electrons. The second kappa shape index (κ2) is 4.27. The molecule has 4 rings (SSSR count). The van der Waals surface area contributed by atoms with Crippen LogP contribution in [0, 0.1) is 12.3 Å². The largest absolute Gasteiger partial charge is 0.249 e. The summed E-state index contributed by atoms with van der Waals surface area (Å²) in [5.41, 5.74) is 2.25. The summed E-state index contributed by atoms with van der Waals surface area (Å²) in [6.45, 7) is 0.756. The van der Waals surface area contributed by atoms with Crippen molar-refractivity contribution in [3.63, 3.8) is 0 Å². The van der Waals surface area contributed by atoms with Crippen LogP contribution < -0.4 is 9.73 Å². The first kappa shape index (κ1) is 11.5. The third kappa shape index (κ3) is 1.45. The Hall–Kier alpha value is -1.57. The van der Waals surface area contributed by atoms with Crippen molar-refractivity contribution in [2.24, 2.45) is 4.99 Å². The van der Waals surface area contributed by atoms with Gasteiger partial charge in [-0.3, -0.25) is 0 Å². The third-order valence-corrected chi connectivity index (χ3v) is 3.27. The van der Waals surface area contributed by atoms with Crippen molar-refractivity contribution in [2.75, 3.05) is 6.54 Å². The maximum absolute atomic E-state index is 4.55. The van der Waals surface area contributed by atoms with E-state index >= 15 is 0 Å². The van der Waals surface area contributed by atoms with Crippen LogP contribution in [0.5, 0.6) is 0 Å². The molecule has 0 spiro atoms. The van der Waals surface area contributed by atoms with E-state index in [4.69, 9.17) is 0 Å². The molecule has 1 aromatic heterocycles. The maximum atomic E-state index is 4.55. The summed E-state index contributed by atoms with van der Waals surface area (Å²) in [4.78, 5) is 4.55. The van der Waals surface area contributed by atoms with Gasteiger partial charge in [-0.2, -0.15) is 0 Å². The van der Waals surface area contributed by atoms with E-state index < -0.39 is 0 Å². The summed E-state index contributed by atoms with van der Waals surface area (Å²) in [7, 11) is 0. The molecular formula is C15H10IrN2. The summed E-state index contributed by atoms with van der Waals surface area (Å²) in [5, 5.41) is 3.60. The van der Waals surface area contributed by atoms with Crippen LogP contribution in [0.4, 0.5) is 0 Å². The quantitative estimate of drug-likeness (QED) is 0.305. The number of aromatic nitrogens is 1. The predicted molar refractivity (Wildman–Crippen MR) is 66.2 cm³/mol. The van der Waals surface area contributed by atoms with Crippen LogP contribution in [0.2, 0.25) is 0 Å². The molecule has 3 heteroatoms. The Balaban J connectivity index is 0.000001000. The van der Waals surface area contributed by atoms with Gasteiger partial charge in [0.1, 0.15) is 11.7 Å². The van der Waals surface area contributed by atoms with Gasteiger partial charge in [-0.1, -0.05) is 29.0 Å². The summed E-state index contributed by atoms with van der Waals surface area (Å²) in [6.07, 6.45) is 2.12. The maximum Gasteiger partial charge on any atom is 0.249 e. The van der Waals surface area contributed by atoms with Gasteiger partial charge in [0.2, 0.25) is 5.49 Å². The number of benzene rings is 2. The molecule has 0 N–H and O–H groups in total. The smallest absolute Gasteiger partial charge is 0.237 e. The van der Waals surface area contributed by atoms with Crippen molar-refractivity contribution < 1.29 is 24.3 Å². The number of para-hydroxylation sites is 1. The van der Waals surface area contributed by atoms with Gasteiger partial charge in [0.05, 0.1) is 0 Å². The molecule has 2 heterocycles. The number of hydrogen-bond donors (Lipinski definition) is 0. The van der Waals surface area contributed by atoms with Gasteiger partial charge in [-0.15, -0.1) is 29.3 Å². The van der Waals surface area contributed by atoms with Crippen molar-refractivity contribution in [2.45, 2.75) is 0 Å². The SMILES string of the molecule is [Ir].[c-]1cccc2c1c1[n+](c3ccccc23)=CCN=1. The van der Waals surface area contributed by atoms with Crippen molar-refractivity contribution in [3.8, 4) is 0 Å². The molecule has 0 bridgehead atoms. The van der Waals surface area contributed by atoms with Crippen molar-refractivity contribution in [1.82, 2.24) is 0 Å². The van der Waals surface area contributed by atoms with Crippen LogP contribution in [-0.2, 0) is 20.1 Å². The summed E-state index contributed by atoms with van der Waals surface area (Å²) < 4.78 is 2.17. The van der Waals surface area contributed by atoms with Gasteiger partial charge in [0, 0.05) is 20.1 Å². The van der Waals surface area contributed by atoms with E-state index in [-0.39, 0.29) is 20.1 Å². The van der Waals surface area contributed by atoms with Crippen LogP contribution >= 0.6 is 0 Å². The second-order valence-electron chi connectivity index (χ2n) is 4.19. The number of pyridine rings is 1. The Kier molecular flexibility index (Phi) is 2.73. The third-order valence-electron chi connectivity index (χ3n) is 3.27. The van der Waals surface area contributed by atoms with E-state index in [1.807, 2.05) is 12.1 Å². The van der Waals surface area contributed by atoms with Crippen molar-refractivity contribution in [3.05, 3.63) is 60.2 Å². The molecule has 0 amide bonds. The Morgan fingerprint density at radius 1 is 1.06 bits per heavy atom. The molecule has 3 aromatic rings. The molecule has 0 saturated carbocycles. The fourth-order valence-electron chi connectivity index (χ4n) is 2.54. The second-order valence-corrected chi connectivity index (χ2v) is 4.19. The standard InChI is InChI=1S/C15H10N2.Ir/c1-2-7-13-11(5-1)12-6-3-4-8-14(12)17-10-9-16-15(13)17;/h1-6,8,10H,9H2;.